The van der Waals surface area contributed by atoms with Crippen LogP contribution in [0.4, 0.5) is 11.6 Å². The fourth-order valence-electron chi connectivity index (χ4n) is 3.54. The number of aryl methyl sites for hydroxylation is 3. The molecule has 2 aromatic rings. The molecule has 1 aliphatic carbocycles. The number of rotatable bonds is 4. The molecule has 2 N–H and O–H groups in total. The van der Waals surface area contributed by atoms with Crippen molar-refractivity contribution in [1.82, 2.24) is 9.97 Å². The SMILES string of the molecule is Cc1cc(C(=O)Nc2c(C)cccc2C)nc(NC2CCCCCC2)n1. The van der Waals surface area contributed by atoms with Gasteiger partial charge in [-0.1, -0.05) is 43.9 Å². The number of carbonyl (C=O) groups excluding carboxylic acids is 1. The van der Waals surface area contributed by atoms with Crippen molar-refractivity contribution in [3.63, 3.8) is 0 Å². The molecule has 1 amide bonds. The minimum Gasteiger partial charge on any atom is -0.351 e. The van der Waals surface area contributed by atoms with Crippen molar-refractivity contribution in [3.8, 4) is 0 Å². The van der Waals surface area contributed by atoms with E-state index in [0.29, 0.717) is 17.7 Å². The van der Waals surface area contributed by atoms with Crippen LogP contribution in [0, 0.1) is 20.8 Å². The van der Waals surface area contributed by atoms with Crippen LogP contribution in [0.15, 0.2) is 24.3 Å². The van der Waals surface area contributed by atoms with Gasteiger partial charge in [0.15, 0.2) is 0 Å². The van der Waals surface area contributed by atoms with Crippen LogP contribution in [0.25, 0.3) is 0 Å². The number of amides is 1. The van der Waals surface area contributed by atoms with Crippen LogP contribution >= 0.6 is 0 Å². The molecule has 5 heteroatoms. The van der Waals surface area contributed by atoms with E-state index in [0.717, 1.165) is 35.3 Å². The third-order valence-electron chi connectivity index (χ3n) is 4.99. The van der Waals surface area contributed by atoms with Crippen molar-refractivity contribution in [2.24, 2.45) is 0 Å². The second-order valence-corrected chi connectivity index (χ2v) is 7.27. The molecule has 1 saturated carbocycles. The molecule has 0 atom stereocenters. The average Bonchev–Trinajstić information content (AvgIpc) is 2.86. The first-order valence-corrected chi connectivity index (χ1v) is 9.53. The second kappa shape index (κ2) is 8.30. The summed E-state index contributed by atoms with van der Waals surface area (Å²) in [4.78, 5) is 21.7. The number of benzene rings is 1. The molecule has 1 aromatic carbocycles. The molecular formula is C21H28N4O. The number of aromatic nitrogens is 2. The van der Waals surface area contributed by atoms with Gasteiger partial charge in [-0.2, -0.15) is 0 Å². The molecule has 3 rings (SSSR count). The van der Waals surface area contributed by atoms with Crippen molar-refractivity contribution in [1.29, 1.82) is 0 Å². The minimum atomic E-state index is -0.197. The topological polar surface area (TPSA) is 66.9 Å². The average molecular weight is 352 g/mol. The summed E-state index contributed by atoms with van der Waals surface area (Å²) < 4.78 is 0. The largest absolute Gasteiger partial charge is 0.351 e. The first kappa shape index (κ1) is 18.4. The van der Waals surface area contributed by atoms with E-state index in [4.69, 9.17) is 0 Å². The highest BCUT2D eigenvalue weighted by Crippen LogP contribution is 2.22. The van der Waals surface area contributed by atoms with Crippen LogP contribution in [0.5, 0.6) is 0 Å². The molecule has 1 aromatic heterocycles. The van der Waals surface area contributed by atoms with Gasteiger partial charge < -0.3 is 10.6 Å². The Morgan fingerprint density at radius 3 is 2.31 bits per heavy atom. The van der Waals surface area contributed by atoms with E-state index >= 15 is 0 Å². The first-order chi connectivity index (χ1) is 12.5. The van der Waals surface area contributed by atoms with Gasteiger partial charge in [-0.15, -0.1) is 0 Å². The van der Waals surface area contributed by atoms with Gasteiger partial charge in [0.05, 0.1) is 0 Å². The number of hydrogen-bond acceptors (Lipinski definition) is 4. The van der Waals surface area contributed by atoms with Crippen molar-refractivity contribution < 1.29 is 4.79 Å². The van der Waals surface area contributed by atoms with Crippen molar-refractivity contribution in [2.75, 3.05) is 10.6 Å². The van der Waals surface area contributed by atoms with E-state index in [1.165, 1.54) is 25.7 Å². The smallest absolute Gasteiger partial charge is 0.274 e. The third-order valence-corrected chi connectivity index (χ3v) is 4.99. The summed E-state index contributed by atoms with van der Waals surface area (Å²) >= 11 is 0. The predicted molar refractivity (Wildman–Crippen MR) is 106 cm³/mol. The Morgan fingerprint density at radius 2 is 1.65 bits per heavy atom. The lowest BCUT2D eigenvalue weighted by molar-refractivity contribution is 0.102. The highest BCUT2D eigenvalue weighted by molar-refractivity contribution is 6.03. The van der Waals surface area contributed by atoms with Crippen LogP contribution in [-0.2, 0) is 0 Å². The summed E-state index contributed by atoms with van der Waals surface area (Å²) in [5.41, 5.74) is 4.13. The standard InChI is InChI=1S/C21H28N4O/c1-14-9-8-10-15(2)19(14)25-20(26)18-13-16(3)22-21(24-18)23-17-11-6-4-5-7-12-17/h8-10,13,17H,4-7,11-12H2,1-3H3,(H,25,26)(H,22,23,24). The normalized spacial score (nSPS) is 15.3. The molecule has 1 fully saturated rings. The fourth-order valence-corrected chi connectivity index (χ4v) is 3.54. The molecule has 26 heavy (non-hydrogen) atoms. The number of nitrogens with one attached hydrogen (secondary N) is 2. The predicted octanol–water partition coefficient (Wildman–Crippen LogP) is 4.79. The van der Waals surface area contributed by atoms with E-state index in [1.54, 1.807) is 6.07 Å². The van der Waals surface area contributed by atoms with Gasteiger partial charge in [-0.05, 0) is 50.8 Å². The molecular weight excluding hydrogens is 324 g/mol. The van der Waals surface area contributed by atoms with Crippen LogP contribution in [0.3, 0.4) is 0 Å². The lowest BCUT2D eigenvalue weighted by Crippen LogP contribution is -2.22. The molecule has 0 aliphatic heterocycles. The van der Waals surface area contributed by atoms with Crippen LogP contribution in [0.2, 0.25) is 0 Å². The number of para-hydroxylation sites is 1. The fraction of sp³-hybridized carbons (Fsp3) is 0.476. The molecule has 0 radical (unpaired) electrons. The van der Waals surface area contributed by atoms with Gasteiger partial charge in [-0.3, -0.25) is 4.79 Å². The summed E-state index contributed by atoms with van der Waals surface area (Å²) in [6, 6.07) is 8.11. The Kier molecular flexibility index (Phi) is 5.86. The van der Waals surface area contributed by atoms with Gasteiger partial charge in [0, 0.05) is 17.4 Å². The summed E-state index contributed by atoms with van der Waals surface area (Å²) in [5, 5.41) is 6.45. The zero-order chi connectivity index (χ0) is 18.5. The van der Waals surface area contributed by atoms with Crippen LogP contribution < -0.4 is 10.6 Å². The van der Waals surface area contributed by atoms with E-state index < -0.39 is 0 Å². The van der Waals surface area contributed by atoms with E-state index in [1.807, 2.05) is 39.0 Å². The molecule has 0 unspecified atom stereocenters. The van der Waals surface area contributed by atoms with Crippen LogP contribution in [-0.4, -0.2) is 21.9 Å². The van der Waals surface area contributed by atoms with Gasteiger partial charge in [0.1, 0.15) is 5.69 Å². The molecule has 0 bridgehead atoms. The summed E-state index contributed by atoms with van der Waals surface area (Å²) in [6.45, 7) is 5.88. The number of hydrogen-bond donors (Lipinski definition) is 2. The molecule has 1 heterocycles. The maximum absolute atomic E-state index is 12.7. The Labute approximate surface area is 155 Å². The first-order valence-electron chi connectivity index (χ1n) is 9.53. The quantitative estimate of drug-likeness (QED) is 0.777. The van der Waals surface area contributed by atoms with Crippen LogP contribution in [0.1, 0.15) is 65.8 Å². The Hall–Kier alpha value is -2.43. The zero-order valence-electron chi connectivity index (χ0n) is 15.9. The van der Waals surface area contributed by atoms with E-state index in [2.05, 4.69) is 20.6 Å². The number of carbonyl (C=O) groups is 1. The molecule has 1 aliphatic rings. The number of anilines is 2. The third kappa shape index (κ3) is 4.59. The molecule has 0 spiro atoms. The lowest BCUT2D eigenvalue weighted by atomic mass is 10.1. The molecule has 0 saturated heterocycles. The monoisotopic (exact) mass is 352 g/mol. The highest BCUT2D eigenvalue weighted by atomic mass is 16.1. The molecule has 138 valence electrons. The summed E-state index contributed by atoms with van der Waals surface area (Å²) in [5.74, 6) is 0.361. The maximum atomic E-state index is 12.7. The summed E-state index contributed by atoms with van der Waals surface area (Å²) in [7, 11) is 0. The van der Waals surface area contributed by atoms with E-state index in [9.17, 15) is 4.79 Å². The van der Waals surface area contributed by atoms with Gasteiger partial charge in [0.2, 0.25) is 5.95 Å². The van der Waals surface area contributed by atoms with Crippen molar-refractivity contribution in [3.05, 3.63) is 46.8 Å². The minimum absolute atomic E-state index is 0.197. The van der Waals surface area contributed by atoms with Crippen molar-refractivity contribution >= 4 is 17.5 Å². The lowest BCUT2D eigenvalue weighted by Gasteiger charge is -2.17. The Balaban J connectivity index is 1.77. The summed E-state index contributed by atoms with van der Waals surface area (Å²) in [6.07, 6.45) is 7.36. The van der Waals surface area contributed by atoms with Gasteiger partial charge in [-0.25, -0.2) is 9.97 Å². The highest BCUT2D eigenvalue weighted by Gasteiger charge is 2.16. The van der Waals surface area contributed by atoms with Gasteiger partial charge in [0.25, 0.3) is 5.91 Å². The van der Waals surface area contributed by atoms with Crippen molar-refractivity contribution in [2.45, 2.75) is 65.3 Å². The zero-order valence-corrected chi connectivity index (χ0v) is 15.9. The Bertz CT molecular complexity index is 759. The Morgan fingerprint density at radius 1 is 1.00 bits per heavy atom. The van der Waals surface area contributed by atoms with E-state index in [-0.39, 0.29) is 5.91 Å². The second-order valence-electron chi connectivity index (χ2n) is 7.27. The van der Waals surface area contributed by atoms with Gasteiger partial charge >= 0.3 is 0 Å². The molecule has 5 nitrogen and oxygen atoms in total. The maximum Gasteiger partial charge on any atom is 0.274 e. The number of nitrogens with zero attached hydrogens (tertiary/aromatic N) is 2.